The predicted octanol–water partition coefficient (Wildman–Crippen LogP) is 3.52. The van der Waals surface area contributed by atoms with E-state index >= 15 is 0 Å². The zero-order chi connectivity index (χ0) is 13.5. The van der Waals surface area contributed by atoms with E-state index in [1.165, 1.54) is 37.7 Å². The van der Waals surface area contributed by atoms with Gasteiger partial charge in [0.05, 0.1) is 0 Å². The molecule has 106 valence electrons. The third-order valence-electron chi connectivity index (χ3n) is 3.90. The standard InChI is InChI=1S/C16H27N3/c1-3-10-17-14(2)15-8-9-16(18-13-15)19-11-6-4-5-7-12-19/h8-9,13-14,17H,3-7,10-12H2,1-2H3. The van der Waals surface area contributed by atoms with Crippen molar-refractivity contribution in [3.05, 3.63) is 23.9 Å². The summed E-state index contributed by atoms with van der Waals surface area (Å²) >= 11 is 0. The van der Waals surface area contributed by atoms with Gasteiger partial charge in [-0.3, -0.25) is 0 Å². The third-order valence-corrected chi connectivity index (χ3v) is 3.90. The summed E-state index contributed by atoms with van der Waals surface area (Å²) in [5.74, 6) is 1.15. The van der Waals surface area contributed by atoms with Crippen LogP contribution in [0.5, 0.6) is 0 Å². The number of anilines is 1. The van der Waals surface area contributed by atoms with Gasteiger partial charge < -0.3 is 10.2 Å². The first-order valence-corrected chi connectivity index (χ1v) is 7.75. The van der Waals surface area contributed by atoms with Gasteiger partial charge in [-0.05, 0) is 44.4 Å². The van der Waals surface area contributed by atoms with Crippen molar-refractivity contribution in [2.75, 3.05) is 24.5 Å². The van der Waals surface area contributed by atoms with Gasteiger partial charge in [0, 0.05) is 25.3 Å². The van der Waals surface area contributed by atoms with Crippen molar-refractivity contribution in [2.45, 2.75) is 52.0 Å². The molecule has 0 radical (unpaired) electrons. The second-order valence-electron chi connectivity index (χ2n) is 5.53. The lowest BCUT2D eigenvalue weighted by molar-refractivity contribution is 0.569. The monoisotopic (exact) mass is 261 g/mol. The molecule has 0 spiro atoms. The maximum Gasteiger partial charge on any atom is 0.128 e. The van der Waals surface area contributed by atoms with Crippen molar-refractivity contribution in [2.24, 2.45) is 0 Å². The highest BCUT2D eigenvalue weighted by Crippen LogP contribution is 2.19. The van der Waals surface area contributed by atoms with Gasteiger partial charge in [0.15, 0.2) is 0 Å². The molecule has 1 atom stereocenters. The van der Waals surface area contributed by atoms with E-state index in [0.29, 0.717) is 6.04 Å². The van der Waals surface area contributed by atoms with Gasteiger partial charge in [-0.15, -0.1) is 0 Å². The van der Waals surface area contributed by atoms with Gasteiger partial charge >= 0.3 is 0 Å². The molecule has 1 aliphatic rings. The Kier molecular flexibility index (Phi) is 5.64. The van der Waals surface area contributed by atoms with Crippen LogP contribution in [0.3, 0.4) is 0 Å². The summed E-state index contributed by atoms with van der Waals surface area (Å²) in [6.07, 6.45) is 8.55. The molecule has 0 aliphatic carbocycles. The SMILES string of the molecule is CCCNC(C)c1ccc(N2CCCCCC2)nc1. The lowest BCUT2D eigenvalue weighted by Crippen LogP contribution is -2.25. The molecule has 3 heteroatoms. The molecular weight excluding hydrogens is 234 g/mol. The minimum Gasteiger partial charge on any atom is -0.357 e. The van der Waals surface area contributed by atoms with Gasteiger partial charge in [0.1, 0.15) is 5.82 Å². The smallest absolute Gasteiger partial charge is 0.128 e. The molecule has 0 aromatic carbocycles. The molecule has 1 aliphatic heterocycles. The summed E-state index contributed by atoms with van der Waals surface area (Å²) < 4.78 is 0. The van der Waals surface area contributed by atoms with Crippen molar-refractivity contribution in [1.82, 2.24) is 10.3 Å². The van der Waals surface area contributed by atoms with Gasteiger partial charge in [-0.1, -0.05) is 25.8 Å². The third kappa shape index (κ3) is 4.20. The van der Waals surface area contributed by atoms with E-state index in [0.717, 1.165) is 25.5 Å². The summed E-state index contributed by atoms with van der Waals surface area (Å²) in [6.45, 7) is 7.79. The lowest BCUT2D eigenvalue weighted by Gasteiger charge is -2.22. The van der Waals surface area contributed by atoms with Crippen molar-refractivity contribution in [1.29, 1.82) is 0 Å². The van der Waals surface area contributed by atoms with E-state index in [2.05, 4.69) is 41.2 Å². The van der Waals surface area contributed by atoms with Gasteiger partial charge in [-0.2, -0.15) is 0 Å². The van der Waals surface area contributed by atoms with Crippen LogP contribution >= 0.6 is 0 Å². The van der Waals surface area contributed by atoms with Crippen LogP contribution in [0.2, 0.25) is 0 Å². The van der Waals surface area contributed by atoms with Crippen LogP contribution in [0.15, 0.2) is 18.3 Å². The number of nitrogens with one attached hydrogen (secondary N) is 1. The molecule has 1 N–H and O–H groups in total. The van der Waals surface area contributed by atoms with Crippen molar-refractivity contribution in [3.63, 3.8) is 0 Å². The van der Waals surface area contributed by atoms with Crippen molar-refractivity contribution >= 4 is 5.82 Å². The topological polar surface area (TPSA) is 28.2 Å². The van der Waals surface area contributed by atoms with Crippen LogP contribution in [0.4, 0.5) is 5.82 Å². The number of aromatic nitrogens is 1. The second kappa shape index (κ2) is 7.49. The van der Waals surface area contributed by atoms with E-state index < -0.39 is 0 Å². The highest BCUT2D eigenvalue weighted by molar-refractivity contribution is 5.39. The number of hydrogen-bond acceptors (Lipinski definition) is 3. The lowest BCUT2D eigenvalue weighted by atomic mass is 10.1. The fourth-order valence-corrected chi connectivity index (χ4v) is 2.62. The van der Waals surface area contributed by atoms with Crippen LogP contribution < -0.4 is 10.2 Å². The fourth-order valence-electron chi connectivity index (χ4n) is 2.62. The molecule has 1 unspecified atom stereocenters. The Balaban J connectivity index is 1.96. The van der Waals surface area contributed by atoms with Gasteiger partial charge in [-0.25, -0.2) is 4.98 Å². The molecular formula is C16H27N3. The van der Waals surface area contributed by atoms with E-state index in [1.54, 1.807) is 0 Å². The van der Waals surface area contributed by atoms with Crippen LogP contribution in [-0.4, -0.2) is 24.6 Å². The summed E-state index contributed by atoms with van der Waals surface area (Å²) in [4.78, 5) is 7.09. The second-order valence-corrected chi connectivity index (χ2v) is 5.53. The molecule has 2 heterocycles. The molecule has 1 aromatic heterocycles. The average molecular weight is 261 g/mol. The summed E-state index contributed by atoms with van der Waals surface area (Å²) in [5, 5.41) is 3.50. The highest BCUT2D eigenvalue weighted by Gasteiger charge is 2.11. The number of pyridine rings is 1. The van der Waals surface area contributed by atoms with Crippen molar-refractivity contribution < 1.29 is 0 Å². The first kappa shape index (κ1) is 14.3. The minimum absolute atomic E-state index is 0.394. The van der Waals surface area contributed by atoms with E-state index in [1.807, 2.05) is 6.20 Å². The van der Waals surface area contributed by atoms with Crippen LogP contribution in [0, 0.1) is 0 Å². The van der Waals surface area contributed by atoms with E-state index in [-0.39, 0.29) is 0 Å². The van der Waals surface area contributed by atoms with E-state index in [9.17, 15) is 0 Å². The molecule has 19 heavy (non-hydrogen) atoms. The van der Waals surface area contributed by atoms with Crippen LogP contribution in [0.1, 0.15) is 57.6 Å². The number of rotatable bonds is 5. The van der Waals surface area contributed by atoms with Crippen LogP contribution in [0.25, 0.3) is 0 Å². The van der Waals surface area contributed by atoms with E-state index in [4.69, 9.17) is 0 Å². The van der Waals surface area contributed by atoms with Gasteiger partial charge in [0.2, 0.25) is 0 Å². The first-order chi connectivity index (χ1) is 9.31. The summed E-state index contributed by atoms with van der Waals surface area (Å²) in [7, 11) is 0. The Bertz CT molecular complexity index is 353. The number of hydrogen-bond donors (Lipinski definition) is 1. The molecule has 1 fully saturated rings. The fraction of sp³-hybridized carbons (Fsp3) is 0.688. The summed E-state index contributed by atoms with van der Waals surface area (Å²) in [6, 6.07) is 4.80. The number of nitrogens with zero attached hydrogens (tertiary/aromatic N) is 2. The quantitative estimate of drug-likeness (QED) is 0.879. The Morgan fingerprint density at radius 1 is 1.21 bits per heavy atom. The highest BCUT2D eigenvalue weighted by atomic mass is 15.2. The normalized spacial score (nSPS) is 18.1. The zero-order valence-corrected chi connectivity index (χ0v) is 12.4. The molecule has 1 aromatic rings. The Morgan fingerprint density at radius 3 is 2.53 bits per heavy atom. The molecule has 0 saturated carbocycles. The molecule has 2 rings (SSSR count). The first-order valence-electron chi connectivity index (χ1n) is 7.75. The summed E-state index contributed by atoms with van der Waals surface area (Å²) in [5.41, 5.74) is 1.28. The molecule has 0 bridgehead atoms. The Labute approximate surface area is 117 Å². The predicted molar refractivity (Wildman–Crippen MR) is 81.6 cm³/mol. The maximum absolute atomic E-state index is 4.66. The van der Waals surface area contributed by atoms with Crippen LogP contribution in [-0.2, 0) is 0 Å². The Morgan fingerprint density at radius 2 is 1.95 bits per heavy atom. The molecule has 3 nitrogen and oxygen atoms in total. The molecule has 1 saturated heterocycles. The maximum atomic E-state index is 4.66. The van der Waals surface area contributed by atoms with Crippen molar-refractivity contribution in [3.8, 4) is 0 Å². The zero-order valence-electron chi connectivity index (χ0n) is 12.4. The minimum atomic E-state index is 0.394. The van der Waals surface area contributed by atoms with Gasteiger partial charge in [0.25, 0.3) is 0 Å². The largest absolute Gasteiger partial charge is 0.357 e. The average Bonchev–Trinajstić information content (AvgIpc) is 2.74. The molecule has 0 amide bonds. The Hall–Kier alpha value is -1.09.